The van der Waals surface area contributed by atoms with E-state index in [4.69, 9.17) is 14.7 Å². The van der Waals surface area contributed by atoms with Crippen molar-refractivity contribution in [2.75, 3.05) is 17.3 Å². The molecule has 2 amide bonds. The van der Waals surface area contributed by atoms with E-state index in [0.29, 0.717) is 16.9 Å². The minimum atomic E-state index is -3.92. The fourth-order valence-electron chi connectivity index (χ4n) is 2.75. The van der Waals surface area contributed by atoms with Crippen LogP contribution in [0.2, 0.25) is 0 Å². The minimum absolute atomic E-state index is 0.0134. The fourth-order valence-corrected chi connectivity index (χ4v) is 3.22. The van der Waals surface area contributed by atoms with Gasteiger partial charge in [-0.05, 0) is 35.9 Å². The van der Waals surface area contributed by atoms with Gasteiger partial charge in [0, 0.05) is 24.5 Å². The van der Waals surface area contributed by atoms with E-state index >= 15 is 0 Å². The normalized spacial score (nSPS) is 10.8. The lowest BCUT2D eigenvalue weighted by Crippen LogP contribution is -2.24. The number of rotatable bonds is 8. The van der Waals surface area contributed by atoms with E-state index in [2.05, 4.69) is 15.6 Å². The average Bonchev–Trinajstić information content (AvgIpc) is 2.77. The molecule has 11 heteroatoms. The van der Waals surface area contributed by atoms with Gasteiger partial charge in [-0.25, -0.2) is 4.79 Å². The first-order valence-corrected chi connectivity index (χ1v) is 11.5. The summed E-state index contributed by atoms with van der Waals surface area (Å²) in [5.74, 6) is -0.797. The van der Waals surface area contributed by atoms with E-state index in [9.17, 15) is 18.0 Å². The highest BCUT2D eigenvalue weighted by atomic mass is 32.2. The third-order valence-corrected chi connectivity index (χ3v) is 4.75. The molecule has 0 unspecified atom stereocenters. The molecule has 0 saturated carbocycles. The summed E-state index contributed by atoms with van der Waals surface area (Å²) in [7, 11) is -3.92. The van der Waals surface area contributed by atoms with Crippen molar-refractivity contribution in [2.45, 2.75) is 13.2 Å². The molecule has 3 aromatic rings. The molecule has 0 atom stereocenters. The second-order valence-electron chi connectivity index (χ2n) is 6.95. The van der Waals surface area contributed by atoms with E-state index < -0.39 is 22.1 Å². The SMILES string of the molecule is CS(=O)(=O)Oc1cc(CNC(=O)OCc2cccnc2)ccc1C(=O)Nc1ccccc1N. The quantitative estimate of drug-likeness (QED) is 0.336. The summed E-state index contributed by atoms with van der Waals surface area (Å²) >= 11 is 0. The van der Waals surface area contributed by atoms with Crippen molar-refractivity contribution in [3.05, 3.63) is 83.7 Å². The first-order chi connectivity index (χ1) is 15.7. The molecule has 0 aliphatic rings. The third-order valence-electron chi connectivity index (χ3n) is 4.27. The molecule has 0 spiro atoms. The number of hydrogen-bond donors (Lipinski definition) is 3. The summed E-state index contributed by atoms with van der Waals surface area (Å²) in [6.45, 7) is 0.0589. The van der Waals surface area contributed by atoms with Gasteiger partial charge in [-0.15, -0.1) is 0 Å². The van der Waals surface area contributed by atoms with Crippen molar-refractivity contribution in [3.8, 4) is 5.75 Å². The van der Waals surface area contributed by atoms with Gasteiger partial charge in [-0.3, -0.25) is 9.78 Å². The summed E-state index contributed by atoms with van der Waals surface area (Å²) in [5.41, 5.74) is 7.76. The zero-order chi connectivity index (χ0) is 23.8. The highest BCUT2D eigenvalue weighted by Crippen LogP contribution is 2.25. The van der Waals surface area contributed by atoms with Gasteiger partial charge in [0.2, 0.25) is 0 Å². The summed E-state index contributed by atoms with van der Waals surface area (Å²) in [5, 5.41) is 5.17. The number of para-hydroxylation sites is 2. The summed E-state index contributed by atoms with van der Waals surface area (Å²) < 4.78 is 33.5. The monoisotopic (exact) mass is 470 g/mol. The highest BCUT2D eigenvalue weighted by molar-refractivity contribution is 7.86. The number of carbonyl (C=O) groups is 2. The first-order valence-electron chi connectivity index (χ1n) is 9.69. The van der Waals surface area contributed by atoms with Crippen molar-refractivity contribution < 1.29 is 26.9 Å². The predicted octanol–water partition coefficient (Wildman–Crippen LogP) is 2.68. The van der Waals surface area contributed by atoms with Gasteiger partial charge in [-0.2, -0.15) is 8.42 Å². The van der Waals surface area contributed by atoms with Gasteiger partial charge >= 0.3 is 16.2 Å². The van der Waals surface area contributed by atoms with E-state index in [-0.39, 0.29) is 24.5 Å². The number of benzene rings is 2. The Morgan fingerprint density at radius 1 is 1.06 bits per heavy atom. The largest absolute Gasteiger partial charge is 0.445 e. The molecule has 4 N–H and O–H groups in total. The number of nitrogens with one attached hydrogen (secondary N) is 2. The Morgan fingerprint density at radius 3 is 2.55 bits per heavy atom. The number of pyridine rings is 1. The Hall–Kier alpha value is -4.12. The molecule has 10 nitrogen and oxygen atoms in total. The molecule has 0 saturated heterocycles. The maximum Gasteiger partial charge on any atom is 0.407 e. The second-order valence-corrected chi connectivity index (χ2v) is 8.53. The van der Waals surface area contributed by atoms with Crippen LogP contribution in [0.3, 0.4) is 0 Å². The van der Waals surface area contributed by atoms with E-state index in [1.165, 1.54) is 12.1 Å². The van der Waals surface area contributed by atoms with Gasteiger partial charge in [0.25, 0.3) is 5.91 Å². The molecule has 0 aliphatic heterocycles. The van der Waals surface area contributed by atoms with Gasteiger partial charge in [0.05, 0.1) is 23.2 Å². The Balaban J connectivity index is 1.70. The lowest BCUT2D eigenvalue weighted by atomic mass is 10.1. The zero-order valence-electron chi connectivity index (χ0n) is 17.6. The number of nitrogens with two attached hydrogens (primary N) is 1. The summed E-state index contributed by atoms with van der Waals surface area (Å²) in [6.07, 6.45) is 3.38. The van der Waals surface area contributed by atoms with Crippen LogP contribution in [-0.4, -0.2) is 31.7 Å². The molecule has 1 aromatic heterocycles. The van der Waals surface area contributed by atoms with Crippen LogP contribution in [0.15, 0.2) is 67.0 Å². The first kappa shape index (κ1) is 23.5. The van der Waals surface area contributed by atoms with Crippen molar-refractivity contribution in [3.63, 3.8) is 0 Å². The second kappa shape index (κ2) is 10.5. The molecule has 0 radical (unpaired) electrons. The van der Waals surface area contributed by atoms with Gasteiger partial charge in [0.1, 0.15) is 6.61 Å². The van der Waals surface area contributed by atoms with Crippen LogP contribution in [0.4, 0.5) is 16.2 Å². The lowest BCUT2D eigenvalue weighted by molar-refractivity contribution is 0.102. The standard InChI is InChI=1S/C22H22N4O6S/c1-33(29,30)32-20-11-15(13-25-22(28)31-14-16-5-4-10-24-12-16)8-9-17(20)21(27)26-19-7-3-2-6-18(19)23/h2-12H,13-14,23H2,1H3,(H,25,28)(H,26,27). The number of ether oxygens (including phenoxy) is 1. The van der Waals surface area contributed by atoms with Crippen molar-refractivity contribution in [2.24, 2.45) is 0 Å². The maximum atomic E-state index is 12.7. The minimum Gasteiger partial charge on any atom is -0.445 e. The third kappa shape index (κ3) is 7.21. The Bertz CT molecular complexity index is 1250. The topological polar surface area (TPSA) is 150 Å². The van der Waals surface area contributed by atoms with Crippen LogP contribution in [0.25, 0.3) is 0 Å². The maximum absolute atomic E-state index is 12.7. The fraction of sp³-hybridized carbons (Fsp3) is 0.136. The van der Waals surface area contributed by atoms with Crippen LogP contribution in [0, 0.1) is 0 Å². The molecule has 0 aliphatic carbocycles. The van der Waals surface area contributed by atoms with Crippen LogP contribution >= 0.6 is 0 Å². The number of nitrogen functional groups attached to an aromatic ring is 1. The van der Waals surface area contributed by atoms with Crippen molar-refractivity contribution >= 4 is 33.5 Å². The smallest absolute Gasteiger partial charge is 0.407 e. The van der Waals surface area contributed by atoms with Gasteiger partial charge in [0.15, 0.2) is 5.75 Å². The zero-order valence-corrected chi connectivity index (χ0v) is 18.5. The predicted molar refractivity (Wildman–Crippen MR) is 122 cm³/mol. The molecule has 1 heterocycles. The number of anilines is 2. The molecular weight excluding hydrogens is 448 g/mol. The number of alkyl carbamates (subject to hydrolysis) is 1. The molecule has 3 rings (SSSR count). The number of hydrogen-bond acceptors (Lipinski definition) is 8. The average molecular weight is 471 g/mol. The van der Waals surface area contributed by atoms with Gasteiger partial charge < -0.3 is 25.3 Å². The van der Waals surface area contributed by atoms with E-state index in [1.807, 2.05) is 0 Å². The highest BCUT2D eigenvalue weighted by Gasteiger charge is 2.18. The molecule has 172 valence electrons. The van der Waals surface area contributed by atoms with Crippen LogP contribution in [-0.2, 0) is 28.0 Å². The van der Waals surface area contributed by atoms with Crippen LogP contribution < -0.4 is 20.6 Å². The Labute approximate surface area is 190 Å². The summed E-state index contributed by atoms with van der Waals surface area (Å²) in [4.78, 5) is 28.6. The Kier molecular flexibility index (Phi) is 7.46. The Morgan fingerprint density at radius 2 is 1.85 bits per heavy atom. The number of carbonyl (C=O) groups excluding carboxylic acids is 2. The molecule has 33 heavy (non-hydrogen) atoms. The number of nitrogens with zero attached hydrogens (tertiary/aromatic N) is 1. The van der Waals surface area contributed by atoms with E-state index in [1.54, 1.807) is 54.9 Å². The number of aromatic nitrogens is 1. The van der Waals surface area contributed by atoms with Crippen LogP contribution in [0.5, 0.6) is 5.75 Å². The van der Waals surface area contributed by atoms with Crippen molar-refractivity contribution in [1.29, 1.82) is 0 Å². The summed E-state index contributed by atoms with van der Waals surface area (Å²) in [6, 6.07) is 14.4. The molecule has 0 fully saturated rings. The van der Waals surface area contributed by atoms with Gasteiger partial charge in [-0.1, -0.05) is 24.3 Å². The van der Waals surface area contributed by atoms with E-state index in [0.717, 1.165) is 11.8 Å². The molecular formula is C22H22N4O6S. The lowest BCUT2D eigenvalue weighted by Gasteiger charge is -2.13. The molecule has 0 bridgehead atoms. The molecule has 2 aromatic carbocycles. The number of amides is 2. The van der Waals surface area contributed by atoms with Crippen LogP contribution in [0.1, 0.15) is 21.5 Å². The van der Waals surface area contributed by atoms with Crippen molar-refractivity contribution in [1.82, 2.24) is 10.3 Å².